The number of benzene rings is 3. The maximum atomic E-state index is 13.3. The maximum absolute atomic E-state index is 13.3. The number of nitrogens with zero attached hydrogens (tertiary/aromatic N) is 2. The lowest BCUT2D eigenvalue weighted by Crippen LogP contribution is -2.33. The summed E-state index contributed by atoms with van der Waals surface area (Å²) in [7, 11) is 0. The number of nitrogens with one attached hydrogen (secondary N) is 1. The third kappa shape index (κ3) is 6.42. The number of hydrogen-bond acceptors (Lipinski definition) is 5. The maximum Gasteiger partial charge on any atom is 0.335 e. The number of carbonyl (C=O) groups excluding carboxylic acids is 2. The summed E-state index contributed by atoms with van der Waals surface area (Å²) in [5.41, 5.74) is 1.89. The molecule has 3 aromatic rings. The molecule has 3 aromatic carbocycles. The molecule has 4 rings (SSSR count). The molecule has 10 heteroatoms. The molecule has 0 aliphatic carbocycles. The van der Waals surface area contributed by atoms with Gasteiger partial charge in [-0.15, -0.1) is 0 Å². The van der Waals surface area contributed by atoms with E-state index in [1.807, 2.05) is 12.1 Å². The van der Waals surface area contributed by atoms with Crippen LogP contribution in [0.3, 0.4) is 0 Å². The highest BCUT2D eigenvalue weighted by atomic mass is 35.5. The molecule has 0 saturated carbocycles. The van der Waals surface area contributed by atoms with Gasteiger partial charge >= 0.3 is 5.97 Å². The second-order valence-corrected chi connectivity index (χ2v) is 9.71. The van der Waals surface area contributed by atoms with Crippen molar-refractivity contribution in [3.63, 3.8) is 0 Å². The zero-order valence-electron chi connectivity index (χ0n) is 18.2. The Kier molecular flexibility index (Phi) is 7.75. The first-order valence-electron chi connectivity index (χ1n) is 10.5. The van der Waals surface area contributed by atoms with Gasteiger partial charge < -0.3 is 10.4 Å². The average molecular weight is 528 g/mol. The van der Waals surface area contributed by atoms with Gasteiger partial charge in [0.1, 0.15) is 5.25 Å². The molecule has 1 aliphatic heterocycles. The van der Waals surface area contributed by atoms with Crippen LogP contribution in [0.15, 0.2) is 77.8 Å². The predicted octanol–water partition coefficient (Wildman–Crippen LogP) is 5.85. The second-order valence-electron chi connectivity index (χ2n) is 7.67. The lowest BCUT2D eigenvalue weighted by molar-refractivity contribution is -0.128. The first-order chi connectivity index (χ1) is 16.8. The van der Waals surface area contributed by atoms with Crippen molar-refractivity contribution in [2.75, 3.05) is 5.32 Å². The molecular weight excluding hydrogens is 509 g/mol. The van der Waals surface area contributed by atoms with E-state index < -0.39 is 17.1 Å². The fourth-order valence-corrected chi connectivity index (χ4v) is 4.79. The molecule has 1 aliphatic rings. The summed E-state index contributed by atoms with van der Waals surface area (Å²) < 4.78 is 0. The second kappa shape index (κ2) is 10.9. The van der Waals surface area contributed by atoms with Gasteiger partial charge in [-0.05, 0) is 60.2 Å². The molecule has 0 spiro atoms. The van der Waals surface area contributed by atoms with E-state index >= 15 is 0 Å². The van der Waals surface area contributed by atoms with Crippen molar-refractivity contribution in [3.8, 4) is 0 Å². The third-order valence-corrected chi connectivity index (χ3v) is 6.77. The predicted molar refractivity (Wildman–Crippen MR) is 139 cm³/mol. The lowest BCUT2D eigenvalue weighted by Gasteiger charge is -2.17. The van der Waals surface area contributed by atoms with Crippen LogP contribution in [0.4, 0.5) is 11.4 Å². The molecule has 1 fully saturated rings. The largest absolute Gasteiger partial charge is 0.478 e. The van der Waals surface area contributed by atoms with Crippen LogP contribution in [-0.4, -0.2) is 38.2 Å². The van der Waals surface area contributed by atoms with Gasteiger partial charge in [0.2, 0.25) is 11.8 Å². The number of aliphatic imine (C=N–C) groups is 1. The molecule has 35 heavy (non-hydrogen) atoms. The molecule has 0 aromatic heterocycles. The normalized spacial score (nSPS) is 16.5. The molecule has 1 saturated heterocycles. The number of carbonyl (C=O) groups is 3. The third-order valence-electron chi connectivity index (χ3n) is 5.09. The zero-order chi connectivity index (χ0) is 24.9. The van der Waals surface area contributed by atoms with E-state index in [1.165, 1.54) is 23.9 Å². The van der Waals surface area contributed by atoms with E-state index in [2.05, 4.69) is 10.3 Å². The summed E-state index contributed by atoms with van der Waals surface area (Å²) in [6.07, 6.45) is -0.0996. The quantitative estimate of drug-likeness (QED) is 0.401. The Morgan fingerprint density at radius 2 is 1.66 bits per heavy atom. The summed E-state index contributed by atoms with van der Waals surface area (Å²) in [6, 6.07) is 20.0. The van der Waals surface area contributed by atoms with Crippen molar-refractivity contribution in [3.05, 3.63) is 94.0 Å². The Labute approximate surface area is 215 Å². The van der Waals surface area contributed by atoms with E-state index in [1.54, 1.807) is 53.4 Å². The van der Waals surface area contributed by atoms with Crippen LogP contribution in [0, 0.1) is 0 Å². The number of rotatable bonds is 7. The van der Waals surface area contributed by atoms with Gasteiger partial charge in [0.05, 0.1) is 17.8 Å². The number of amidine groups is 1. The van der Waals surface area contributed by atoms with Crippen molar-refractivity contribution in [2.24, 2.45) is 4.99 Å². The number of amides is 2. The summed E-state index contributed by atoms with van der Waals surface area (Å²) >= 11 is 13.2. The van der Waals surface area contributed by atoms with Gasteiger partial charge in [0.15, 0.2) is 5.17 Å². The number of hydrogen-bond donors (Lipinski definition) is 2. The van der Waals surface area contributed by atoms with E-state index in [0.29, 0.717) is 26.6 Å². The molecule has 2 amide bonds. The molecular formula is C25H19Cl2N3O4S. The standard InChI is InChI=1S/C25H19Cl2N3O4S/c26-17-6-4-15(5-7-17)14-30-23(32)21(35-25(30)29-19-10-8-18(27)9-11-19)13-22(31)28-20-3-1-2-16(12-20)24(33)34/h1-12,21H,13-14H2,(H,28,31)(H,33,34). The smallest absolute Gasteiger partial charge is 0.335 e. The first-order valence-corrected chi connectivity index (χ1v) is 12.1. The molecule has 1 atom stereocenters. The van der Waals surface area contributed by atoms with Crippen molar-refractivity contribution < 1.29 is 19.5 Å². The van der Waals surface area contributed by atoms with Crippen LogP contribution >= 0.6 is 35.0 Å². The Morgan fingerprint density at radius 3 is 2.31 bits per heavy atom. The van der Waals surface area contributed by atoms with Gasteiger partial charge in [-0.25, -0.2) is 9.79 Å². The first kappa shape index (κ1) is 24.8. The molecule has 2 N–H and O–H groups in total. The van der Waals surface area contributed by atoms with E-state index in [-0.39, 0.29) is 24.4 Å². The fourth-order valence-electron chi connectivity index (χ4n) is 3.38. The van der Waals surface area contributed by atoms with Crippen LogP contribution in [0.2, 0.25) is 10.0 Å². The van der Waals surface area contributed by atoms with E-state index in [0.717, 1.165) is 5.56 Å². The Bertz CT molecular complexity index is 1300. The minimum Gasteiger partial charge on any atom is -0.478 e. The SMILES string of the molecule is O=C(CC1SC(=Nc2ccc(Cl)cc2)N(Cc2ccc(Cl)cc2)C1=O)Nc1cccc(C(=O)O)c1. The van der Waals surface area contributed by atoms with Gasteiger partial charge in [-0.2, -0.15) is 0 Å². The zero-order valence-corrected chi connectivity index (χ0v) is 20.5. The fraction of sp³-hybridized carbons (Fsp3) is 0.120. The molecule has 178 valence electrons. The average Bonchev–Trinajstić information content (AvgIpc) is 3.10. The highest BCUT2D eigenvalue weighted by molar-refractivity contribution is 8.15. The van der Waals surface area contributed by atoms with E-state index in [4.69, 9.17) is 28.3 Å². The van der Waals surface area contributed by atoms with Crippen LogP contribution < -0.4 is 5.32 Å². The van der Waals surface area contributed by atoms with Crippen molar-refractivity contribution >= 4 is 69.3 Å². The number of carboxylic acid groups (broad SMARTS) is 1. The lowest BCUT2D eigenvalue weighted by atomic mass is 10.2. The minimum atomic E-state index is -1.09. The summed E-state index contributed by atoms with van der Waals surface area (Å²) in [5, 5.41) is 12.8. The van der Waals surface area contributed by atoms with Gasteiger partial charge in [-0.1, -0.05) is 53.2 Å². The highest BCUT2D eigenvalue weighted by Gasteiger charge is 2.39. The molecule has 0 radical (unpaired) electrons. The van der Waals surface area contributed by atoms with Crippen LogP contribution in [0.25, 0.3) is 0 Å². The van der Waals surface area contributed by atoms with Crippen molar-refractivity contribution in [1.82, 2.24) is 4.90 Å². The van der Waals surface area contributed by atoms with Crippen LogP contribution in [0.1, 0.15) is 22.3 Å². The summed E-state index contributed by atoms with van der Waals surface area (Å²) in [6.45, 7) is 0.272. The highest BCUT2D eigenvalue weighted by Crippen LogP contribution is 2.33. The summed E-state index contributed by atoms with van der Waals surface area (Å²) in [4.78, 5) is 43.3. The van der Waals surface area contributed by atoms with Gasteiger partial charge in [0.25, 0.3) is 0 Å². The summed E-state index contributed by atoms with van der Waals surface area (Å²) in [5.74, 6) is -1.74. The van der Waals surface area contributed by atoms with Crippen molar-refractivity contribution in [2.45, 2.75) is 18.2 Å². The molecule has 1 unspecified atom stereocenters. The molecule has 1 heterocycles. The topological polar surface area (TPSA) is 99.1 Å². The number of thioether (sulfide) groups is 1. The Balaban J connectivity index is 1.53. The number of carboxylic acids is 1. The van der Waals surface area contributed by atoms with Crippen LogP contribution in [-0.2, 0) is 16.1 Å². The number of aromatic carboxylic acids is 1. The minimum absolute atomic E-state index is 0.0561. The van der Waals surface area contributed by atoms with E-state index in [9.17, 15) is 14.4 Å². The number of halogens is 2. The molecule has 7 nitrogen and oxygen atoms in total. The Morgan fingerprint density at radius 1 is 1.00 bits per heavy atom. The Hall–Kier alpha value is -3.33. The monoisotopic (exact) mass is 527 g/mol. The van der Waals surface area contributed by atoms with Crippen LogP contribution in [0.5, 0.6) is 0 Å². The number of anilines is 1. The van der Waals surface area contributed by atoms with Gasteiger partial charge in [-0.3, -0.25) is 14.5 Å². The van der Waals surface area contributed by atoms with Gasteiger partial charge in [0, 0.05) is 22.2 Å². The van der Waals surface area contributed by atoms with Crippen molar-refractivity contribution in [1.29, 1.82) is 0 Å². The molecule has 0 bridgehead atoms.